The minimum absolute atomic E-state index is 0.0995. The van der Waals surface area contributed by atoms with Gasteiger partial charge in [0, 0.05) is 5.57 Å². The molecule has 0 aliphatic rings. The van der Waals surface area contributed by atoms with Crippen molar-refractivity contribution in [2.45, 2.75) is 20.3 Å². The van der Waals surface area contributed by atoms with Gasteiger partial charge in [0.1, 0.15) is 0 Å². The first-order valence-electron chi connectivity index (χ1n) is 3.01. The van der Waals surface area contributed by atoms with Crippen LogP contribution in [0.15, 0.2) is 12.2 Å². The summed E-state index contributed by atoms with van der Waals surface area (Å²) in [5.41, 5.74) is 0.303. The first kappa shape index (κ1) is 8.21. The molecule has 0 aromatic carbocycles. The first-order valence-corrected chi connectivity index (χ1v) is 3.01. The SMILES string of the molecule is C=C(C(=O)O)[C@H](C)CC. The van der Waals surface area contributed by atoms with Gasteiger partial charge in [0.2, 0.25) is 0 Å². The smallest absolute Gasteiger partial charge is 0.331 e. The fourth-order valence-corrected chi connectivity index (χ4v) is 0.457. The lowest BCUT2D eigenvalue weighted by molar-refractivity contribution is -0.133. The number of hydrogen-bond donors (Lipinski definition) is 1. The summed E-state index contributed by atoms with van der Waals surface area (Å²) in [6, 6.07) is 0. The van der Waals surface area contributed by atoms with E-state index in [4.69, 9.17) is 5.11 Å². The zero-order valence-corrected chi connectivity index (χ0v) is 5.85. The van der Waals surface area contributed by atoms with Gasteiger partial charge in [0.15, 0.2) is 0 Å². The molecule has 9 heavy (non-hydrogen) atoms. The zero-order chi connectivity index (χ0) is 7.44. The molecule has 0 heterocycles. The Morgan fingerprint density at radius 2 is 2.22 bits per heavy atom. The molecule has 0 amide bonds. The molecule has 0 aromatic heterocycles. The van der Waals surface area contributed by atoms with E-state index in [9.17, 15) is 4.79 Å². The minimum Gasteiger partial charge on any atom is -0.478 e. The van der Waals surface area contributed by atoms with Crippen LogP contribution < -0.4 is 0 Å². The molecule has 0 aliphatic carbocycles. The molecule has 1 atom stereocenters. The van der Waals surface area contributed by atoms with Crippen molar-refractivity contribution in [1.29, 1.82) is 0 Å². The van der Waals surface area contributed by atoms with Gasteiger partial charge >= 0.3 is 5.97 Å². The second kappa shape index (κ2) is 3.28. The van der Waals surface area contributed by atoms with Crippen molar-refractivity contribution in [3.05, 3.63) is 12.2 Å². The van der Waals surface area contributed by atoms with E-state index in [1.807, 2.05) is 13.8 Å². The summed E-state index contributed by atoms with van der Waals surface area (Å²) >= 11 is 0. The summed E-state index contributed by atoms with van der Waals surface area (Å²) in [5, 5.41) is 8.38. The zero-order valence-electron chi connectivity index (χ0n) is 5.85. The minimum atomic E-state index is -0.885. The predicted molar refractivity (Wildman–Crippen MR) is 36.2 cm³/mol. The van der Waals surface area contributed by atoms with E-state index in [0.717, 1.165) is 6.42 Å². The van der Waals surface area contributed by atoms with Crippen LogP contribution in [0.3, 0.4) is 0 Å². The van der Waals surface area contributed by atoms with Crippen molar-refractivity contribution >= 4 is 5.97 Å². The van der Waals surface area contributed by atoms with Crippen molar-refractivity contribution in [2.24, 2.45) is 5.92 Å². The molecule has 0 rings (SSSR count). The standard InChI is InChI=1S/C7H12O2/c1-4-5(2)6(3)7(8)9/h5H,3-4H2,1-2H3,(H,8,9)/t5-/m1/s1. The molecule has 2 heteroatoms. The quantitative estimate of drug-likeness (QED) is 0.587. The highest BCUT2D eigenvalue weighted by Crippen LogP contribution is 2.10. The Morgan fingerprint density at radius 3 is 2.33 bits per heavy atom. The topological polar surface area (TPSA) is 37.3 Å². The number of rotatable bonds is 3. The van der Waals surface area contributed by atoms with Gasteiger partial charge in [-0.1, -0.05) is 20.4 Å². The number of carboxylic acids is 1. The fourth-order valence-electron chi connectivity index (χ4n) is 0.457. The summed E-state index contributed by atoms with van der Waals surface area (Å²) < 4.78 is 0. The molecule has 0 saturated heterocycles. The van der Waals surface area contributed by atoms with Crippen LogP contribution in [0, 0.1) is 5.92 Å². The van der Waals surface area contributed by atoms with Crippen LogP contribution in [0.1, 0.15) is 20.3 Å². The van der Waals surface area contributed by atoms with Crippen molar-refractivity contribution < 1.29 is 9.90 Å². The summed E-state index contributed by atoms with van der Waals surface area (Å²) in [4.78, 5) is 10.2. The number of hydrogen-bond acceptors (Lipinski definition) is 1. The Hall–Kier alpha value is -0.790. The van der Waals surface area contributed by atoms with Crippen molar-refractivity contribution in [2.75, 3.05) is 0 Å². The van der Waals surface area contributed by atoms with Gasteiger partial charge in [0.05, 0.1) is 0 Å². The van der Waals surface area contributed by atoms with E-state index in [2.05, 4.69) is 6.58 Å². The Morgan fingerprint density at radius 1 is 1.78 bits per heavy atom. The first-order chi connectivity index (χ1) is 4.09. The number of carboxylic acid groups (broad SMARTS) is 1. The van der Waals surface area contributed by atoms with Gasteiger partial charge in [0.25, 0.3) is 0 Å². The molecule has 52 valence electrons. The van der Waals surface area contributed by atoms with E-state index >= 15 is 0 Å². The second-order valence-electron chi connectivity index (χ2n) is 2.14. The number of carbonyl (C=O) groups is 1. The Kier molecular flexibility index (Phi) is 2.99. The van der Waals surface area contributed by atoms with Crippen LogP contribution in [0.25, 0.3) is 0 Å². The lowest BCUT2D eigenvalue weighted by atomic mass is 10.0. The van der Waals surface area contributed by atoms with Gasteiger partial charge < -0.3 is 5.11 Å². The second-order valence-corrected chi connectivity index (χ2v) is 2.14. The molecule has 0 unspecified atom stereocenters. The summed E-state index contributed by atoms with van der Waals surface area (Å²) in [6.45, 7) is 7.23. The van der Waals surface area contributed by atoms with Crippen LogP contribution in [-0.2, 0) is 4.79 Å². The van der Waals surface area contributed by atoms with E-state index < -0.39 is 5.97 Å². The van der Waals surface area contributed by atoms with Crippen molar-refractivity contribution in [3.63, 3.8) is 0 Å². The average molecular weight is 128 g/mol. The average Bonchev–Trinajstić information content (AvgIpc) is 1.84. The molecule has 0 radical (unpaired) electrons. The Balaban J connectivity index is 3.88. The third-order valence-electron chi connectivity index (χ3n) is 1.48. The Labute approximate surface area is 55.2 Å². The van der Waals surface area contributed by atoms with Gasteiger partial charge in [-0.2, -0.15) is 0 Å². The van der Waals surface area contributed by atoms with E-state index in [-0.39, 0.29) is 5.92 Å². The third-order valence-corrected chi connectivity index (χ3v) is 1.48. The predicted octanol–water partition coefficient (Wildman–Crippen LogP) is 1.67. The maximum Gasteiger partial charge on any atom is 0.331 e. The molecule has 1 N–H and O–H groups in total. The largest absolute Gasteiger partial charge is 0.478 e. The summed E-state index contributed by atoms with van der Waals surface area (Å²) in [7, 11) is 0. The molecule has 0 aromatic rings. The molecular weight excluding hydrogens is 116 g/mol. The molecule has 2 nitrogen and oxygen atoms in total. The van der Waals surface area contributed by atoms with Crippen LogP contribution >= 0.6 is 0 Å². The fraction of sp³-hybridized carbons (Fsp3) is 0.571. The van der Waals surface area contributed by atoms with Crippen LogP contribution in [0.5, 0.6) is 0 Å². The van der Waals surface area contributed by atoms with Gasteiger partial charge in [-0.3, -0.25) is 0 Å². The molecule has 0 bridgehead atoms. The summed E-state index contributed by atoms with van der Waals surface area (Å²) in [6.07, 6.45) is 0.838. The number of aliphatic carboxylic acids is 1. The third kappa shape index (κ3) is 2.31. The van der Waals surface area contributed by atoms with Crippen molar-refractivity contribution in [1.82, 2.24) is 0 Å². The molecule has 0 fully saturated rings. The van der Waals surface area contributed by atoms with Gasteiger partial charge in [-0.15, -0.1) is 0 Å². The molecule has 0 aliphatic heterocycles. The van der Waals surface area contributed by atoms with E-state index in [1.54, 1.807) is 0 Å². The maximum atomic E-state index is 10.2. The van der Waals surface area contributed by atoms with Gasteiger partial charge in [-0.05, 0) is 12.3 Å². The van der Waals surface area contributed by atoms with Gasteiger partial charge in [-0.25, -0.2) is 4.79 Å². The lowest BCUT2D eigenvalue weighted by Gasteiger charge is -2.05. The molecular formula is C7H12O2. The van der Waals surface area contributed by atoms with Crippen LogP contribution in [0.2, 0.25) is 0 Å². The molecule has 0 spiro atoms. The normalized spacial score (nSPS) is 12.7. The highest BCUT2D eigenvalue weighted by atomic mass is 16.4. The van der Waals surface area contributed by atoms with Crippen LogP contribution in [-0.4, -0.2) is 11.1 Å². The van der Waals surface area contributed by atoms with Crippen LogP contribution in [0.4, 0.5) is 0 Å². The highest BCUT2D eigenvalue weighted by molar-refractivity contribution is 5.86. The Bertz CT molecular complexity index is 127. The van der Waals surface area contributed by atoms with Crippen molar-refractivity contribution in [3.8, 4) is 0 Å². The maximum absolute atomic E-state index is 10.2. The van der Waals surface area contributed by atoms with E-state index in [0.29, 0.717) is 5.57 Å². The summed E-state index contributed by atoms with van der Waals surface area (Å²) in [5.74, 6) is -0.785. The van der Waals surface area contributed by atoms with E-state index in [1.165, 1.54) is 0 Å². The molecule has 0 saturated carbocycles. The lowest BCUT2D eigenvalue weighted by Crippen LogP contribution is -2.06. The highest BCUT2D eigenvalue weighted by Gasteiger charge is 2.09. The monoisotopic (exact) mass is 128 g/mol.